The Balaban J connectivity index is 2.63. The summed E-state index contributed by atoms with van der Waals surface area (Å²) in [7, 11) is 2.12. The van der Waals surface area contributed by atoms with Crippen molar-refractivity contribution in [2.45, 2.75) is 26.7 Å². The lowest BCUT2D eigenvalue weighted by molar-refractivity contribution is -0.121. The molecule has 0 aromatic carbocycles. The highest BCUT2D eigenvalue weighted by Gasteiger charge is 2.36. The van der Waals surface area contributed by atoms with Gasteiger partial charge in [0.05, 0.1) is 0 Å². The van der Waals surface area contributed by atoms with E-state index in [-0.39, 0.29) is 5.41 Å². The summed E-state index contributed by atoms with van der Waals surface area (Å²) >= 11 is 0. The van der Waals surface area contributed by atoms with Gasteiger partial charge in [0.1, 0.15) is 6.29 Å². The van der Waals surface area contributed by atoms with Crippen LogP contribution >= 0.6 is 0 Å². The quantitative estimate of drug-likeness (QED) is 0.585. The smallest absolute Gasteiger partial charge is 0.126 e. The first-order chi connectivity index (χ1) is 5.60. The number of rotatable bonds is 2. The van der Waals surface area contributed by atoms with Crippen molar-refractivity contribution in [1.82, 2.24) is 4.90 Å². The van der Waals surface area contributed by atoms with Gasteiger partial charge in [-0.1, -0.05) is 13.8 Å². The molecule has 0 aromatic heterocycles. The second kappa shape index (κ2) is 3.56. The van der Waals surface area contributed by atoms with Crippen molar-refractivity contribution in [3.63, 3.8) is 0 Å². The molecule has 0 spiro atoms. The highest BCUT2D eigenvalue weighted by molar-refractivity contribution is 5.60. The summed E-state index contributed by atoms with van der Waals surface area (Å²) in [5.41, 5.74) is -0.0213. The predicted octanol–water partition coefficient (Wildman–Crippen LogP) is 1.55. The van der Waals surface area contributed by atoms with E-state index < -0.39 is 0 Å². The highest BCUT2D eigenvalue weighted by Crippen LogP contribution is 2.36. The van der Waals surface area contributed by atoms with Gasteiger partial charge in [0.15, 0.2) is 0 Å². The van der Waals surface area contributed by atoms with Crippen LogP contribution in [0.2, 0.25) is 0 Å². The molecule has 0 saturated carbocycles. The molecule has 1 heterocycles. The first kappa shape index (κ1) is 9.72. The van der Waals surface area contributed by atoms with Crippen LogP contribution in [0.25, 0.3) is 0 Å². The second-order valence-corrected chi connectivity index (χ2v) is 4.31. The van der Waals surface area contributed by atoms with Gasteiger partial charge in [-0.15, -0.1) is 0 Å². The lowest BCUT2D eigenvalue weighted by Gasteiger charge is -2.39. The average Bonchev–Trinajstić information content (AvgIpc) is 2.06. The molecule has 0 radical (unpaired) electrons. The van der Waals surface area contributed by atoms with Crippen molar-refractivity contribution in [3.05, 3.63) is 0 Å². The van der Waals surface area contributed by atoms with E-state index in [1.807, 2.05) is 0 Å². The number of hydrogen-bond donors (Lipinski definition) is 0. The van der Waals surface area contributed by atoms with Crippen LogP contribution in [-0.2, 0) is 4.79 Å². The first-order valence-electron chi connectivity index (χ1n) is 4.75. The van der Waals surface area contributed by atoms with Crippen molar-refractivity contribution in [3.8, 4) is 0 Å². The van der Waals surface area contributed by atoms with Gasteiger partial charge in [-0.2, -0.15) is 0 Å². The molecule has 1 saturated heterocycles. The van der Waals surface area contributed by atoms with Gasteiger partial charge in [-0.3, -0.25) is 0 Å². The van der Waals surface area contributed by atoms with Crippen molar-refractivity contribution in [2.24, 2.45) is 11.3 Å². The summed E-state index contributed by atoms with van der Waals surface area (Å²) in [5, 5.41) is 0. The minimum absolute atomic E-state index is 0.0213. The zero-order chi connectivity index (χ0) is 9.19. The third-order valence-electron chi connectivity index (χ3n) is 3.30. The monoisotopic (exact) mass is 169 g/mol. The number of carbonyl (C=O) groups excluding carboxylic acids is 1. The van der Waals surface area contributed by atoms with Gasteiger partial charge in [-0.05, 0) is 38.9 Å². The maximum absolute atomic E-state index is 11.0. The molecular formula is C10H19NO. The minimum atomic E-state index is -0.0213. The van der Waals surface area contributed by atoms with Crippen molar-refractivity contribution >= 4 is 6.29 Å². The highest BCUT2D eigenvalue weighted by atomic mass is 16.1. The van der Waals surface area contributed by atoms with Gasteiger partial charge in [0.25, 0.3) is 0 Å². The van der Waals surface area contributed by atoms with Crippen LogP contribution in [-0.4, -0.2) is 31.3 Å². The van der Waals surface area contributed by atoms with Crippen molar-refractivity contribution in [1.29, 1.82) is 0 Å². The Morgan fingerprint density at radius 1 is 1.33 bits per heavy atom. The van der Waals surface area contributed by atoms with E-state index in [0.29, 0.717) is 5.92 Å². The molecule has 0 aliphatic carbocycles. The van der Waals surface area contributed by atoms with E-state index in [2.05, 4.69) is 25.8 Å². The van der Waals surface area contributed by atoms with Gasteiger partial charge < -0.3 is 9.69 Å². The van der Waals surface area contributed by atoms with Gasteiger partial charge in [0.2, 0.25) is 0 Å². The fourth-order valence-electron chi connectivity index (χ4n) is 1.87. The summed E-state index contributed by atoms with van der Waals surface area (Å²) in [5.74, 6) is 0.490. The maximum atomic E-state index is 11.0. The van der Waals surface area contributed by atoms with E-state index in [1.165, 1.54) is 6.29 Å². The number of carbonyl (C=O) groups is 1. The normalized spacial score (nSPS) is 24.3. The van der Waals surface area contributed by atoms with E-state index in [4.69, 9.17) is 0 Å². The van der Waals surface area contributed by atoms with E-state index in [1.54, 1.807) is 0 Å². The summed E-state index contributed by atoms with van der Waals surface area (Å²) < 4.78 is 0. The minimum Gasteiger partial charge on any atom is -0.306 e. The first-order valence-corrected chi connectivity index (χ1v) is 4.75. The summed E-state index contributed by atoms with van der Waals surface area (Å²) in [4.78, 5) is 13.3. The van der Waals surface area contributed by atoms with Crippen LogP contribution in [0, 0.1) is 11.3 Å². The molecule has 0 aromatic rings. The summed E-state index contributed by atoms with van der Waals surface area (Å²) in [6.07, 6.45) is 3.25. The Morgan fingerprint density at radius 2 is 1.83 bits per heavy atom. The molecular weight excluding hydrogens is 150 g/mol. The second-order valence-electron chi connectivity index (χ2n) is 4.31. The molecule has 12 heavy (non-hydrogen) atoms. The Morgan fingerprint density at radius 3 is 2.17 bits per heavy atom. The largest absolute Gasteiger partial charge is 0.306 e. The van der Waals surface area contributed by atoms with Crippen LogP contribution in [0.3, 0.4) is 0 Å². The number of aldehydes is 1. The van der Waals surface area contributed by atoms with Crippen LogP contribution in [0.4, 0.5) is 0 Å². The fourth-order valence-corrected chi connectivity index (χ4v) is 1.87. The van der Waals surface area contributed by atoms with Crippen LogP contribution in [0.15, 0.2) is 0 Å². The number of likely N-dealkylation sites (tertiary alicyclic amines) is 1. The zero-order valence-corrected chi connectivity index (χ0v) is 8.34. The molecule has 70 valence electrons. The molecule has 0 atom stereocenters. The molecule has 1 fully saturated rings. The van der Waals surface area contributed by atoms with Gasteiger partial charge in [-0.25, -0.2) is 0 Å². The van der Waals surface area contributed by atoms with E-state index >= 15 is 0 Å². The Hall–Kier alpha value is -0.370. The molecule has 0 N–H and O–H groups in total. The number of hydrogen-bond acceptors (Lipinski definition) is 2. The molecule has 1 aliphatic rings. The van der Waals surface area contributed by atoms with Crippen molar-refractivity contribution in [2.75, 3.05) is 20.1 Å². The number of nitrogens with zero attached hydrogens (tertiary/aromatic N) is 1. The molecule has 0 bridgehead atoms. The predicted molar refractivity (Wildman–Crippen MR) is 50.1 cm³/mol. The molecule has 0 amide bonds. The Bertz CT molecular complexity index is 157. The lowest BCUT2D eigenvalue weighted by Crippen LogP contribution is -2.42. The molecule has 0 unspecified atom stereocenters. The zero-order valence-electron chi connectivity index (χ0n) is 8.34. The van der Waals surface area contributed by atoms with Crippen LogP contribution in [0.5, 0.6) is 0 Å². The third-order valence-corrected chi connectivity index (χ3v) is 3.30. The third kappa shape index (κ3) is 1.69. The number of piperidine rings is 1. The van der Waals surface area contributed by atoms with Crippen LogP contribution < -0.4 is 0 Å². The van der Waals surface area contributed by atoms with Gasteiger partial charge in [0, 0.05) is 5.41 Å². The standard InChI is InChI=1S/C10H19NO/c1-9(2)10(8-12)4-6-11(3)7-5-10/h8-9H,4-7H2,1-3H3. The van der Waals surface area contributed by atoms with E-state index in [9.17, 15) is 4.79 Å². The molecule has 1 rings (SSSR count). The lowest BCUT2D eigenvalue weighted by atomic mass is 9.71. The summed E-state index contributed by atoms with van der Waals surface area (Å²) in [6, 6.07) is 0. The molecule has 2 nitrogen and oxygen atoms in total. The summed E-state index contributed by atoms with van der Waals surface area (Å²) in [6.45, 7) is 6.44. The van der Waals surface area contributed by atoms with Crippen LogP contribution in [0.1, 0.15) is 26.7 Å². The van der Waals surface area contributed by atoms with Gasteiger partial charge >= 0.3 is 0 Å². The SMILES string of the molecule is CC(C)C1(C=O)CCN(C)CC1. The Kier molecular flexibility index (Phi) is 2.89. The maximum Gasteiger partial charge on any atom is 0.126 e. The Labute approximate surface area is 74.9 Å². The average molecular weight is 169 g/mol. The molecule has 1 aliphatic heterocycles. The fraction of sp³-hybridized carbons (Fsp3) is 0.900. The van der Waals surface area contributed by atoms with E-state index in [0.717, 1.165) is 25.9 Å². The molecule has 2 heteroatoms. The topological polar surface area (TPSA) is 20.3 Å². The van der Waals surface area contributed by atoms with Crippen molar-refractivity contribution < 1.29 is 4.79 Å².